The van der Waals surface area contributed by atoms with Crippen molar-refractivity contribution in [3.63, 3.8) is 0 Å². The molecule has 1 saturated heterocycles. The lowest BCUT2D eigenvalue weighted by molar-refractivity contribution is -0.120. The van der Waals surface area contributed by atoms with Gasteiger partial charge in [-0.15, -0.1) is 0 Å². The predicted octanol–water partition coefficient (Wildman–Crippen LogP) is 2.64. The van der Waals surface area contributed by atoms with Crippen molar-refractivity contribution in [2.45, 2.75) is 13.8 Å². The minimum atomic E-state index is -0.379. The summed E-state index contributed by atoms with van der Waals surface area (Å²) in [7, 11) is 0. The van der Waals surface area contributed by atoms with Crippen molar-refractivity contribution < 1.29 is 14.0 Å². The first-order valence-electron chi connectivity index (χ1n) is 9.77. The van der Waals surface area contributed by atoms with Gasteiger partial charge in [-0.2, -0.15) is 0 Å². The largest absolute Gasteiger partial charge is 0.325 e. The number of amides is 2. The van der Waals surface area contributed by atoms with Crippen molar-refractivity contribution in [2.24, 2.45) is 0 Å². The van der Waals surface area contributed by atoms with E-state index in [9.17, 15) is 14.0 Å². The summed E-state index contributed by atoms with van der Waals surface area (Å²) in [6.07, 6.45) is 0. The van der Waals surface area contributed by atoms with Gasteiger partial charge in [0.2, 0.25) is 11.8 Å². The topological polar surface area (TPSA) is 64.7 Å². The van der Waals surface area contributed by atoms with Crippen LogP contribution in [0.15, 0.2) is 42.5 Å². The lowest BCUT2D eigenvalue weighted by Crippen LogP contribution is -2.50. The third-order valence-corrected chi connectivity index (χ3v) is 5.19. The van der Waals surface area contributed by atoms with Gasteiger partial charge in [-0.25, -0.2) is 4.39 Å². The fourth-order valence-electron chi connectivity index (χ4n) is 3.35. The van der Waals surface area contributed by atoms with Gasteiger partial charge < -0.3 is 10.6 Å². The van der Waals surface area contributed by atoms with Crippen molar-refractivity contribution >= 4 is 23.2 Å². The summed E-state index contributed by atoms with van der Waals surface area (Å²) in [5.41, 5.74) is 3.53. The summed E-state index contributed by atoms with van der Waals surface area (Å²) in [6.45, 7) is 7.44. The van der Waals surface area contributed by atoms with Gasteiger partial charge in [0.1, 0.15) is 5.82 Å². The van der Waals surface area contributed by atoms with Crippen molar-refractivity contribution in [1.82, 2.24) is 9.80 Å². The lowest BCUT2D eigenvalue weighted by atomic mass is 10.1. The van der Waals surface area contributed by atoms with Crippen molar-refractivity contribution in [2.75, 3.05) is 49.9 Å². The maximum absolute atomic E-state index is 13.2. The van der Waals surface area contributed by atoms with E-state index in [2.05, 4.69) is 15.5 Å². The van der Waals surface area contributed by atoms with Crippen molar-refractivity contribution in [3.05, 3.63) is 59.4 Å². The SMILES string of the molecule is Cc1cccc(NC(=O)CN2CCN(CC(=O)Nc3cccc(F)c3)CC2)c1C. The Labute approximate surface area is 170 Å². The first-order valence-corrected chi connectivity index (χ1v) is 9.77. The Morgan fingerprint density at radius 3 is 2.10 bits per heavy atom. The molecular weight excluding hydrogens is 371 g/mol. The molecule has 7 heteroatoms. The molecule has 1 heterocycles. The second-order valence-corrected chi connectivity index (χ2v) is 7.41. The maximum Gasteiger partial charge on any atom is 0.238 e. The highest BCUT2D eigenvalue weighted by molar-refractivity contribution is 5.93. The highest BCUT2D eigenvalue weighted by Crippen LogP contribution is 2.18. The zero-order valence-electron chi connectivity index (χ0n) is 16.9. The first kappa shape index (κ1) is 21.0. The van der Waals surface area contributed by atoms with E-state index in [0.717, 1.165) is 16.8 Å². The molecule has 0 spiro atoms. The second-order valence-electron chi connectivity index (χ2n) is 7.41. The van der Waals surface area contributed by atoms with Crippen LogP contribution in [0.2, 0.25) is 0 Å². The monoisotopic (exact) mass is 398 g/mol. The Balaban J connectivity index is 1.41. The number of hydrogen-bond donors (Lipinski definition) is 2. The number of carbonyl (C=O) groups is 2. The number of halogens is 1. The van der Waals surface area contributed by atoms with Gasteiger partial charge in [-0.05, 0) is 49.2 Å². The molecule has 154 valence electrons. The van der Waals surface area contributed by atoms with Gasteiger partial charge in [0.05, 0.1) is 13.1 Å². The molecule has 0 radical (unpaired) electrons. The molecule has 0 aliphatic carbocycles. The normalized spacial score (nSPS) is 15.1. The lowest BCUT2D eigenvalue weighted by Gasteiger charge is -2.33. The molecule has 29 heavy (non-hydrogen) atoms. The van der Waals surface area contributed by atoms with Gasteiger partial charge in [-0.1, -0.05) is 18.2 Å². The fourth-order valence-corrected chi connectivity index (χ4v) is 3.35. The number of nitrogens with zero attached hydrogens (tertiary/aromatic N) is 2. The highest BCUT2D eigenvalue weighted by atomic mass is 19.1. The van der Waals surface area contributed by atoms with Gasteiger partial charge in [0, 0.05) is 37.6 Å². The minimum Gasteiger partial charge on any atom is -0.325 e. The summed E-state index contributed by atoms with van der Waals surface area (Å²) in [4.78, 5) is 28.7. The third kappa shape index (κ3) is 6.10. The molecule has 3 rings (SSSR count). The summed E-state index contributed by atoms with van der Waals surface area (Å²) in [5.74, 6) is -0.580. The Bertz CT molecular complexity index is 879. The Morgan fingerprint density at radius 2 is 1.48 bits per heavy atom. The van der Waals surface area contributed by atoms with Gasteiger partial charge in [0.15, 0.2) is 0 Å². The predicted molar refractivity (Wildman–Crippen MR) is 112 cm³/mol. The standard InChI is InChI=1S/C22H27FN4O2/c1-16-5-3-8-20(17(16)2)25-22(29)15-27-11-9-26(10-12-27)14-21(28)24-19-7-4-6-18(23)13-19/h3-8,13H,9-12,14-15H2,1-2H3,(H,24,28)(H,25,29). The average Bonchev–Trinajstić information content (AvgIpc) is 2.67. The number of anilines is 2. The Morgan fingerprint density at radius 1 is 0.897 bits per heavy atom. The van der Waals surface area contributed by atoms with Crippen LogP contribution in [-0.2, 0) is 9.59 Å². The van der Waals surface area contributed by atoms with Crippen LogP contribution in [0.5, 0.6) is 0 Å². The number of nitrogens with one attached hydrogen (secondary N) is 2. The molecule has 0 saturated carbocycles. The van der Waals surface area contributed by atoms with Crippen LogP contribution in [-0.4, -0.2) is 60.9 Å². The van der Waals surface area contributed by atoms with Crippen LogP contribution in [0.25, 0.3) is 0 Å². The molecule has 6 nitrogen and oxygen atoms in total. The molecule has 2 aromatic rings. The number of hydrogen-bond acceptors (Lipinski definition) is 4. The average molecular weight is 398 g/mol. The molecule has 1 fully saturated rings. The van der Waals surface area contributed by atoms with Gasteiger partial charge in [0.25, 0.3) is 0 Å². The number of benzene rings is 2. The number of rotatable bonds is 6. The molecule has 0 atom stereocenters. The van der Waals surface area contributed by atoms with Crippen LogP contribution in [0.4, 0.5) is 15.8 Å². The molecule has 0 unspecified atom stereocenters. The summed E-state index contributed by atoms with van der Waals surface area (Å²) < 4.78 is 13.2. The quantitative estimate of drug-likeness (QED) is 0.785. The molecule has 1 aliphatic heterocycles. The van der Waals surface area contributed by atoms with Crippen LogP contribution in [0, 0.1) is 19.7 Å². The van der Waals surface area contributed by atoms with Crippen molar-refractivity contribution in [3.8, 4) is 0 Å². The van der Waals surface area contributed by atoms with Gasteiger partial charge >= 0.3 is 0 Å². The first-order chi connectivity index (χ1) is 13.9. The zero-order valence-corrected chi connectivity index (χ0v) is 16.9. The number of carbonyl (C=O) groups excluding carboxylic acids is 2. The number of aryl methyl sites for hydroxylation is 1. The molecule has 0 aromatic heterocycles. The van der Waals surface area contributed by atoms with E-state index in [-0.39, 0.29) is 24.2 Å². The summed E-state index contributed by atoms with van der Waals surface area (Å²) in [6, 6.07) is 11.7. The van der Waals surface area contributed by atoms with Crippen LogP contribution < -0.4 is 10.6 Å². The molecule has 2 aromatic carbocycles. The zero-order chi connectivity index (χ0) is 20.8. The highest BCUT2D eigenvalue weighted by Gasteiger charge is 2.21. The van der Waals surface area contributed by atoms with E-state index >= 15 is 0 Å². The molecule has 0 bridgehead atoms. The molecule has 1 aliphatic rings. The Hall–Kier alpha value is -2.77. The second kappa shape index (κ2) is 9.62. The smallest absolute Gasteiger partial charge is 0.238 e. The van der Waals surface area contributed by atoms with E-state index in [1.165, 1.54) is 12.1 Å². The van der Waals surface area contributed by atoms with Gasteiger partial charge in [-0.3, -0.25) is 19.4 Å². The van der Waals surface area contributed by atoms with E-state index in [1.807, 2.05) is 36.9 Å². The Kier molecular flexibility index (Phi) is 6.95. The van der Waals surface area contributed by atoms with E-state index in [4.69, 9.17) is 0 Å². The maximum atomic E-state index is 13.2. The summed E-state index contributed by atoms with van der Waals surface area (Å²) in [5, 5.41) is 5.70. The van der Waals surface area contributed by atoms with E-state index < -0.39 is 0 Å². The molecule has 2 N–H and O–H groups in total. The summed E-state index contributed by atoms with van der Waals surface area (Å²) >= 11 is 0. The van der Waals surface area contributed by atoms with Crippen LogP contribution >= 0.6 is 0 Å². The fraction of sp³-hybridized carbons (Fsp3) is 0.364. The minimum absolute atomic E-state index is 0.0315. The third-order valence-electron chi connectivity index (χ3n) is 5.19. The van der Waals surface area contributed by atoms with E-state index in [1.54, 1.807) is 12.1 Å². The molecular formula is C22H27FN4O2. The number of piperazine rings is 1. The van der Waals surface area contributed by atoms with E-state index in [0.29, 0.717) is 38.4 Å². The van der Waals surface area contributed by atoms with Crippen LogP contribution in [0.3, 0.4) is 0 Å². The van der Waals surface area contributed by atoms with Crippen molar-refractivity contribution in [1.29, 1.82) is 0 Å². The molecule has 2 amide bonds. The van der Waals surface area contributed by atoms with Crippen LogP contribution in [0.1, 0.15) is 11.1 Å².